The smallest absolute Gasteiger partial charge is 0.237 e. The third-order valence-corrected chi connectivity index (χ3v) is 5.01. The number of carbonyl (C=O) groups is 1. The van der Waals surface area contributed by atoms with E-state index in [4.69, 9.17) is 0 Å². The van der Waals surface area contributed by atoms with E-state index in [1.165, 1.54) is 24.8 Å². The average molecular weight is 306 g/mol. The van der Waals surface area contributed by atoms with Gasteiger partial charge in [-0.3, -0.25) is 9.69 Å². The second kappa shape index (κ2) is 9.11. The zero-order chi connectivity index (χ0) is 14.9. The van der Waals surface area contributed by atoms with E-state index in [0.717, 1.165) is 31.0 Å². The Balaban J connectivity index is 1.62. The number of rotatable bonds is 6. The van der Waals surface area contributed by atoms with Gasteiger partial charge in [-0.1, -0.05) is 43.2 Å². The van der Waals surface area contributed by atoms with E-state index in [9.17, 15) is 4.79 Å². The third-order valence-electron chi connectivity index (χ3n) is 3.98. The molecule has 0 bridgehead atoms. The molecular weight excluding hydrogens is 280 g/mol. The summed E-state index contributed by atoms with van der Waals surface area (Å²) in [6.07, 6.45) is 4.64. The van der Waals surface area contributed by atoms with Crippen molar-refractivity contribution in [3.8, 4) is 0 Å². The minimum Gasteiger partial charge on any atom is -0.354 e. The van der Waals surface area contributed by atoms with Crippen molar-refractivity contribution in [3.63, 3.8) is 0 Å². The van der Waals surface area contributed by atoms with Crippen LogP contribution in [0.1, 0.15) is 31.2 Å². The van der Waals surface area contributed by atoms with E-state index >= 15 is 0 Å². The Morgan fingerprint density at radius 2 is 2.10 bits per heavy atom. The summed E-state index contributed by atoms with van der Waals surface area (Å²) in [5, 5.41) is 3.10. The molecule has 0 saturated carbocycles. The second-order valence-corrected chi connectivity index (χ2v) is 6.78. The lowest BCUT2D eigenvalue weighted by Crippen LogP contribution is -2.45. The molecule has 1 aromatic carbocycles. The summed E-state index contributed by atoms with van der Waals surface area (Å²) in [6, 6.07) is 10.5. The second-order valence-electron chi connectivity index (χ2n) is 5.67. The van der Waals surface area contributed by atoms with E-state index in [2.05, 4.69) is 41.5 Å². The van der Waals surface area contributed by atoms with Gasteiger partial charge in [-0.05, 0) is 32.0 Å². The molecule has 1 saturated heterocycles. The summed E-state index contributed by atoms with van der Waals surface area (Å²) in [6.45, 7) is 1.81. The Hall–Kier alpha value is -1.00. The minimum absolute atomic E-state index is 0.0756. The fourth-order valence-corrected chi connectivity index (χ4v) is 3.53. The van der Waals surface area contributed by atoms with Crippen LogP contribution in [-0.4, -0.2) is 42.7 Å². The standard InChI is InChI=1S/C17H26N2OS/c1-19-12-7-3-6-10-16(19)17(20)18-11-13-21-14-15-8-4-2-5-9-15/h2,4-5,8-9,16H,3,6-7,10-14H2,1H3,(H,18,20). The molecule has 1 heterocycles. The fraction of sp³-hybridized carbons (Fsp3) is 0.588. The van der Waals surface area contributed by atoms with Crippen molar-refractivity contribution in [2.75, 3.05) is 25.9 Å². The van der Waals surface area contributed by atoms with Gasteiger partial charge < -0.3 is 5.32 Å². The van der Waals surface area contributed by atoms with E-state index in [1.54, 1.807) is 0 Å². The lowest BCUT2D eigenvalue weighted by molar-refractivity contribution is -0.125. The first-order valence-electron chi connectivity index (χ1n) is 7.87. The van der Waals surface area contributed by atoms with Gasteiger partial charge in [0.25, 0.3) is 0 Å². The molecule has 116 valence electrons. The van der Waals surface area contributed by atoms with Gasteiger partial charge in [-0.15, -0.1) is 0 Å². The van der Waals surface area contributed by atoms with Gasteiger partial charge >= 0.3 is 0 Å². The van der Waals surface area contributed by atoms with Crippen molar-refractivity contribution in [1.82, 2.24) is 10.2 Å². The largest absolute Gasteiger partial charge is 0.354 e. The van der Waals surface area contributed by atoms with Crippen LogP contribution in [-0.2, 0) is 10.5 Å². The summed E-state index contributed by atoms with van der Waals surface area (Å²) in [4.78, 5) is 14.4. The van der Waals surface area contributed by atoms with Crippen molar-refractivity contribution in [3.05, 3.63) is 35.9 Å². The zero-order valence-corrected chi connectivity index (χ0v) is 13.7. The van der Waals surface area contributed by atoms with Crippen molar-refractivity contribution in [2.24, 2.45) is 0 Å². The van der Waals surface area contributed by atoms with Gasteiger partial charge in [0.1, 0.15) is 0 Å². The van der Waals surface area contributed by atoms with Gasteiger partial charge in [0.2, 0.25) is 5.91 Å². The number of hydrogen-bond acceptors (Lipinski definition) is 3. The van der Waals surface area contributed by atoms with Crippen LogP contribution in [0.25, 0.3) is 0 Å². The molecule has 1 aliphatic rings. The number of likely N-dealkylation sites (tertiary alicyclic amines) is 1. The maximum absolute atomic E-state index is 12.2. The highest BCUT2D eigenvalue weighted by Crippen LogP contribution is 2.15. The van der Waals surface area contributed by atoms with E-state index in [1.807, 2.05) is 17.8 Å². The van der Waals surface area contributed by atoms with Crippen molar-refractivity contribution < 1.29 is 4.79 Å². The molecule has 0 aromatic heterocycles. The van der Waals surface area contributed by atoms with E-state index in [0.29, 0.717) is 0 Å². The number of thioether (sulfide) groups is 1. The Labute approximate surface area is 132 Å². The Morgan fingerprint density at radius 3 is 2.90 bits per heavy atom. The topological polar surface area (TPSA) is 32.3 Å². The summed E-state index contributed by atoms with van der Waals surface area (Å²) < 4.78 is 0. The Morgan fingerprint density at radius 1 is 1.29 bits per heavy atom. The summed E-state index contributed by atoms with van der Waals surface area (Å²) in [7, 11) is 2.07. The van der Waals surface area contributed by atoms with Crippen LogP contribution in [0.2, 0.25) is 0 Å². The highest BCUT2D eigenvalue weighted by atomic mass is 32.2. The number of hydrogen-bond donors (Lipinski definition) is 1. The molecule has 1 atom stereocenters. The maximum atomic E-state index is 12.2. The molecule has 2 rings (SSSR count). The predicted octanol–water partition coefficient (Wildman–Crippen LogP) is 2.91. The molecule has 1 N–H and O–H groups in total. The summed E-state index contributed by atoms with van der Waals surface area (Å²) in [5.74, 6) is 2.19. The molecule has 1 unspecified atom stereocenters. The lowest BCUT2D eigenvalue weighted by atomic mass is 10.1. The molecule has 1 aliphatic heterocycles. The van der Waals surface area contributed by atoms with E-state index < -0.39 is 0 Å². The molecular formula is C17H26N2OS. The average Bonchev–Trinajstić information content (AvgIpc) is 2.72. The van der Waals surface area contributed by atoms with E-state index in [-0.39, 0.29) is 11.9 Å². The summed E-state index contributed by atoms with van der Waals surface area (Å²) >= 11 is 1.87. The van der Waals surface area contributed by atoms with Gasteiger partial charge in [-0.2, -0.15) is 11.8 Å². The van der Waals surface area contributed by atoms with Crippen LogP contribution in [0.3, 0.4) is 0 Å². The number of nitrogens with zero attached hydrogens (tertiary/aromatic N) is 1. The first kappa shape index (κ1) is 16.4. The molecule has 1 fully saturated rings. The van der Waals surface area contributed by atoms with Gasteiger partial charge in [0.15, 0.2) is 0 Å². The molecule has 3 nitrogen and oxygen atoms in total. The number of likely N-dealkylation sites (N-methyl/N-ethyl adjacent to an activating group) is 1. The fourth-order valence-electron chi connectivity index (χ4n) is 2.71. The number of amides is 1. The van der Waals surface area contributed by atoms with Crippen molar-refractivity contribution in [2.45, 2.75) is 37.5 Å². The molecule has 1 amide bonds. The SMILES string of the molecule is CN1CCCCCC1C(=O)NCCSCc1ccccc1. The quantitative estimate of drug-likeness (QED) is 0.820. The molecule has 1 aromatic rings. The first-order valence-corrected chi connectivity index (χ1v) is 9.02. The highest BCUT2D eigenvalue weighted by molar-refractivity contribution is 7.98. The lowest BCUT2D eigenvalue weighted by Gasteiger charge is -2.24. The van der Waals surface area contributed by atoms with Crippen molar-refractivity contribution in [1.29, 1.82) is 0 Å². The summed E-state index contributed by atoms with van der Waals surface area (Å²) in [5.41, 5.74) is 1.34. The van der Waals surface area contributed by atoms with Crippen LogP contribution >= 0.6 is 11.8 Å². The molecule has 21 heavy (non-hydrogen) atoms. The van der Waals surface area contributed by atoms with Crippen LogP contribution in [0, 0.1) is 0 Å². The zero-order valence-electron chi connectivity index (χ0n) is 12.9. The van der Waals surface area contributed by atoms with Crippen LogP contribution in [0.5, 0.6) is 0 Å². The Bertz CT molecular complexity index is 424. The van der Waals surface area contributed by atoms with Gasteiger partial charge in [0, 0.05) is 18.1 Å². The number of carbonyl (C=O) groups excluding carboxylic acids is 1. The maximum Gasteiger partial charge on any atom is 0.237 e. The molecule has 0 aliphatic carbocycles. The molecule has 4 heteroatoms. The van der Waals surface area contributed by atoms with Crippen LogP contribution in [0.4, 0.5) is 0 Å². The minimum atomic E-state index is 0.0756. The Kier molecular flexibility index (Phi) is 7.10. The van der Waals surface area contributed by atoms with Gasteiger partial charge in [0.05, 0.1) is 6.04 Å². The van der Waals surface area contributed by atoms with Crippen LogP contribution < -0.4 is 5.32 Å². The predicted molar refractivity (Wildman–Crippen MR) is 90.5 cm³/mol. The molecule has 0 radical (unpaired) electrons. The van der Waals surface area contributed by atoms with Gasteiger partial charge in [-0.25, -0.2) is 0 Å². The number of nitrogens with one attached hydrogen (secondary N) is 1. The molecule has 0 spiro atoms. The van der Waals surface area contributed by atoms with Crippen LogP contribution in [0.15, 0.2) is 30.3 Å². The number of benzene rings is 1. The third kappa shape index (κ3) is 5.71. The first-order chi connectivity index (χ1) is 10.3. The highest BCUT2D eigenvalue weighted by Gasteiger charge is 2.23. The van der Waals surface area contributed by atoms with Crippen molar-refractivity contribution >= 4 is 17.7 Å². The monoisotopic (exact) mass is 306 g/mol. The normalized spacial score (nSPS) is 20.0.